The maximum atomic E-state index is 12.7. The normalized spacial score (nSPS) is 12.4. The summed E-state index contributed by atoms with van der Waals surface area (Å²) in [5, 5.41) is 0.813. The van der Waals surface area contributed by atoms with Gasteiger partial charge in [-0.1, -0.05) is 68.1 Å². The zero-order valence-corrected chi connectivity index (χ0v) is 21.9. The molecule has 37 heavy (non-hydrogen) atoms. The van der Waals surface area contributed by atoms with Crippen LogP contribution in [0.15, 0.2) is 88.9 Å². The van der Waals surface area contributed by atoms with E-state index in [9.17, 15) is 18.0 Å². The second-order valence-electron chi connectivity index (χ2n) is 8.64. The van der Waals surface area contributed by atoms with Crippen LogP contribution >= 0.6 is 11.8 Å². The Morgan fingerprint density at radius 3 is 2.27 bits per heavy atom. The number of sulfonamides is 1. The second-order valence-corrected chi connectivity index (χ2v) is 11.3. The minimum atomic E-state index is -3.91. The summed E-state index contributed by atoms with van der Waals surface area (Å²) in [6.07, 6.45) is 0. The van der Waals surface area contributed by atoms with Crippen molar-refractivity contribution in [2.24, 2.45) is 5.92 Å². The molecule has 0 aliphatic heterocycles. The molecule has 192 valence electrons. The fourth-order valence-electron chi connectivity index (χ4n) is 3.50. The van der Waals surface area contributed by atoms with Crippen molar-refractivity contribution in [3.63, 3.8) is 0 Å². The van der Waals surface area contributed by atoms with Crippen LogP contribution in [0.1, 0.15) is 29.8 Å². The third kappa shape index (κ3) is 6.76. The summed E-state index contributed by atoms with van der Waals surface area (Å²) in [5.41, 5.74) is 7.93. The smallest absolute Gasteiger partial charge is 0.269 e. The van der Waals surface area contributed by atoms with Crippen LogP contribution < -0.4 is 15.6 Å². The quantitative estimate of drug-likeness (QED) is 0.190. The highest BCUT2D eigenvalue weighted by Gasteiger charge is 2.28. The molecule has 0 aliphatic rings. The zero-order valence-electron chi connectivity index (χ0n) is 20.3. The fraction of sp³-hybridized carbons (Fsp3) is 0.192. The van der Waals surface area contributed by atoms with E-state index in [2.05, 4.69) is 25.5 Å². The predicted molar refractivity (Wildman–Crippen MR) is 143 cm³/mol. The molecule has 2 amide bonds. The Bertz CT molecular complexity index is 1450. The van der Waals surface area contributed by atoms with Crippen molar-refractivity contribution in [3.05, 3.63) is 90.0 Å². The van der Waals surface area contributed by atoms with Crippen LogP contribution in [0.3, 0.4) is 0 Å². The number of carbonyl (C=O) groups excluding carboxylic acids is 2. The summed E-state index contributed by atoms with van der Waals surface area (Å²) in [6.45, 7) is 3.42. The molecule has 0 saturated heterocycles. The highest BCUT2D eigenvalue weighted by atomic mass is 32.2. The van der Waals surface area contributed by atoms with Gasteiger partial charge in [-0.3, -0.25) is 20.4 Å². The number of H-pyrrole nitrogens is 1. The van der Waals surface area contributed by atoms with Crippen molar-refractivity contribution in [1.29, 1.82) is 0 Å². The van der Waals surface area contributed by atoms with E-state index >= 15 is 0 Å². The standard InChI is InChI=1S/C26H27N5O4S2/c1-17(2)23(31-37(34,35)20-8-4-3-5-9-20)25(33)30-29-24(32)19-14-12-18(13-15-19)16-36-26-27-21-10-6-7-11-22(21)28-26/h3-15,17,23,31H,16H2,1-2H3,(H,27,28)(H,29,32)(H,30,33). The molecule has 4 N–H and O–H groups in total. The molecule has 1 aromatic heterocycles. The lowest BCUT2D eigenvalue weighted by Gasteiger charge is -2.21. The number of hydrogen-bond acceptors (Lipinski definition) is 6. The van der Waals surface area contributed by atoms with Gasteiger partial charge in [0.15, 0.2) is 5.16 Å². The molecule has 0 fully saturated rings. The van der Waals surface area contributed by atoms with Gasteiger partial charge in [0.05, 0.1) is 15.9 Å². The summed E-state index contributed by atoms with van der Waals surface area (Å²) in [5.74, 6) is -0.880. The molecule has 3 aromatic carbocycles. The summed E-state index contributed by atoms with van der Waals surface area (Å²) in [7, 11) is -3.91. The lowest BCUT2D eigenvalue weighted by atomic mass is 10.1. The van der Waals surface area contributed by atoms with Crippen molar-refractivity contribution in [3.8, 4) is 0 Å². The monoisotopic (exact) mass is 537 g/mol. The molecular formula is C26H27N5O4S2. The molecule has 11 heteroatoms. The Labute approximate surface area is 219 Å². The number of benzene rings is 3. The van der Waals surface area contributed by atoms with E-state index in [1.54, 1.807) is 55.9 Å². The van der Waals surface area contributed by atoms with E-state index in [1.165, 1.54) is 12.1 Å². The SMILES string of the molecule is CC(C)C(NS(=O)(=O)c1ccccc1)C(=O)NNC(=O)c1ccc(CSc2nc3ccccc3[nH]2)cc1. The van der Waals surface area contributed by atoms with Gasteiger partial charge in [0.25, 0.3) is 11.8 Å². The average Bonchev–Trinajstić information content (AvgIpc) is 3.33. The molecule has 1 atom stereocenters. The number of rotatable bonds is 9. The van der Waals surface area contributed by atoms with Gasteiger partial charge in [-0.05, 0) is 47.9 Å². The Morgan fingerprint density at radius 1 is 0.919 bits per heavy atom. The lowest BCUT2D eigenvalue weighted by molar-refractivity contribution is -0.124. The van der Waals surface area contributed by atoms with Gasteiger partial charge < -0.3 is 4.98 Å². The van der Waals surface area contributed by atoms with Crippen molar-refractivity contribution >= 4 is 44.6 Å². The third-order valence-electron chi connectivity index (χ3n) is 5.54. The van der Waals surface area contributed by atoms with Crippen LogP contribution in [0, 0.1) is 5.92 Å². The van der Waals surface area contributed by atoms with Crippen molar-refractivity contribution in [2.75, 3.05) is 0 Å². The Kier molecular flexibility index (Phi) is 8.27. The number of hydrazine groups is 1. The van der Waals surface area contributed by atoms with E-state index in [4.69, 9.17) is 0 Å². The summed E-state index contributed by atoms with van der Waals surface area (Å²) in [4.78, 5) is 33.1. The number of hydrogen-bond donors (Lipinski definition) is 4. The molecule has 0 spiro atoms. The van der Waals surface area contributed by atoms with Crippen LogP contribution in [-0.4, -0.2) is 36.2 Å². The van der Waals surface area contributed by atoms with Crippen molar-refractivity contribution in [1.82, 2.24) is 25.5 Å². The summed E-state index contributed by atoms with van der Waals surface area (Å²) < 4.78 is 27.7. The minimum absolute atomic E-state index is 0.0519. The molecule has 0 bridgehead atoms. The van der Waals surface area contributed by atoms with Crippen molar-refractivity contribution in [2.45, 2.75) is 35.7 Å². The number of amides is 2. The number of para-hydroxylation sites is 2. The first kappa shape index (κ1) is 26.4. The number of nitrogens with one attached hydrogen (secondary N) is 4. The zero-order chi connectivity index (χ0) is 26.4. The molecule has 4 rings (SSSR count). The molecule has 1 unspecified atom stereocenters. The highest BCUT2D eigenvalue weighted by Crippen LogP contribution is 2.23. The van der Waals surface area contributed by atoms with Crippen LogP contribution in [-0.2, 0) is 20.6 Å². The largest absolute Gasteiger partial charge is 0.333 e. The molecule has 1 heterocycles. The first-order chi connectivity index (χ1) is 17.7. The van der Waals surface area contributed by atoms with E-state index in [0.717, 1.165) is 21.8 Å². The molecule has 0 aliphatic carbocycles. The summed E-state index contributed by atoms with van der Waals surface area (Å²) in [6, 6.07) is 21.5. The topological polar surface area (TPSA) is 133 Å². The van der Waals surface area contributed by atoms with Gasteiger partial charge in [0.1, 0.15) is 6.04 Å². The van der Waals surface area contributed by atoms with Gasteiger partial charge in [-0.25, -0.2) is 13.4 Å². The number of carbonyl (C=O) groups is 2. The van der Waals surface area contributed by atoms with Crippen LogP contribution in [0.5, 0.6) is 0 Å². The van der Waals surface area contributed by atoms with Crippen LogP contribution in [0.2, 0.25) is 0 Å². The summed E-state index contributed by atoms with van der Waals surface area (Å²) >= 11 is 1.56. The van der Waals surface area contributed by atoms with Crippen LogP contribution in [0.25, 0.3) is 11.0 Å². The van der Waals surface area contributed by atoms with Gasteiger partial charge in [0, 0.05) is 11.3 Å². The Morgan fingerprint density at radius 2 is 1.59 bits per heavy atom. The number of fused-ring (bicyclic) bond motifs is 1. The second kappa shape index (κ2) is 11.6. The number of aromatic nitrogens is 2. The third-order valence-corrected chi connectivity index (χ3v) is 7.94. The molecule has 9 nitrogen and oxygen atoms in total. The number of imidazole rings is 1. The first-order valence-corrected chi connectivity index (χ1v) is 14.0. The maximum Gasteiger partial charge on any atom is 0.269 e. The molecule has 0 radical (unpaired) electrons. The van der Waals surface area contributed by atoms with Gasteiger partial charge in [-0.15, -0.1) is 0 Å². The fourth-order valence-corrected chi connectivity index (χ4v) is 5.70. The molecular weight excluding hydrogens is 510 g/mol. The number of thioether (sulfide) groups is 1. The number of nitrogens with zero attached hydrogens (tertiary/aromatic N) is 1. The molecule has 4 aromatic rings. The molecule has 0 saturated carbocycles. The van der Waals surface area contributed by atoms with Gasteiger partial charge in [-0.2, -0.15) is 4.72 Å². The van der Waals surface area contributed by atoms with Gasteiger partial charge >= 0.3 is 0 Å². The Hall–Kier alpha value is -3.67. The van der Waals surface area contributed by atoms with Crippen LogP contribution in [0.4, 0.5) is 0 Å². The Balaban J connectivity index is 1.31. The highest BCUT2D eigenvalue weighted by molar-refractivity contribution is 7.98. The van der Waals surface area contributed by atoms with E-state index in [-0.39, 0.29) is 10.8 Å². The lowest BCUT2D eigenvalue weighted by Crippen LogP contribution is -2.54. The number of aromatic amines is 1. The first-order valence-electron chi connectivity index (χ1n) is 11.6. The van der Waals surface area contributed by atoms with E-state index in [0.29, 0.717) is 11.3 Å². The van der Waals surface area contributed by atoms with Gasteiger partial charge in [0.2, 0.25) is 10.0 Å². The van der Waals surface area contributed by atoms with E-state index in [1.807, 2.05) is 36.4 Å². The van der Waals surface area contributed by atoms with Crippen molar-refractivity contribution < 1.29 is 18.0 Å². The average molecular weight is 538 g/mol. The van der Waals surface area contributed by atoms with E-state index < -0.39 is 27.9 Å². The predicted octanol–water partition coefficient (Wildman–Crippen LogP) is 3.62. The maximum absolute atomic E-state index is 12.7. The minimum Gasteiger partial charge on any atom is -0.333 e.